The van der Waals surface area contributed by atoms with E-state index in [1.807, 2.05) is 0 Å². The van der Waals surface area contributed by atoms with Crippen molar-refractivity contribution in [3.05, 3.63) is 17.7 Å². The third-order valence-electron chi connectivity index (χ3n) is 4.22. The number of hydrogen-bond acceptors (Lipinski definition) is 7. The van der Waals surface area contributed by atoms with Gasteiger partial charge in [0, 0.05) is 32.1 Å². The van der Waals surface area contributed by atoms with Crippen LogP contribution in [0, 0.1) is 0 Å². The van der Waals surface area contributed by atoms with E-state index in [4.69, 9.17) is 4.74 Å². The second-order valence-corrected chi connectivity index (χ2v) is 6.25. The molecule has 1 aromatic carbocycles. The van der Waals surface area contributed by atoms with Gasteiger partial charge in [-0.25, -0.2) is 9.59 Å². The van der Waals surface area contributed by atoms with E-state index in [0.717, 1.165) is 24.1 Å². The molecule has 0 aliphatic carbocycles. The number of anilines is 1. The molecule has 1 aliphatic heterocycles. The Balaban J connectivity index is 2.11. The molecule has 1 heterocycles. The van der Waals surface area contributed by atoms with E-state index in [9.17, 15) is 28.0 Å². The predicted octanol–water partition coefficient (Wildman–Crippen LogP) is 1.70. The van der Waals surface area contributed by atoms with Crippen LogP contribution in [0.5, 0.6) is 11.5 Å². The molecule has 12 heteroatoms. The summed E-state index contributed by atoms with van der Waals surface area (Å²) in [4.78, 5) is 50.1. The fourth-order valence-corrected chi connectivity index (χ4v) is 2.79. The number of halogens is 2. The van der Waals surface area contributed by atoms with Crippen LogP contribution < -0.4 is 14.8 Å². The number of imide groups is 1. The number of esters is 1. The van der Waals surface area contributed by atoms with Crippen LogP contribution in [0.2, 0.25) is 0 Å². The maximum Gasteiger partial charge on any atom is 0.387 e. The SMILES string of the molecule is COC(=O)c1cc(OC)c(OC(F)F)cc1NC(=O)CCCN1C(=O)CN(C)C1=O. The number of likely N-dealkylation sites (N-methyl/N-ethyl adjacent to an activating group) is 1. The van der Waals surface area contributed by atoms with Gasteiger partial charge in [-0.3, -0.25) is 14.5 Å². The number of methoxy groups -OCH3 is 2. The van der Waals surface area contributed by atoms with Gasteiger partial charge in [0.2, 0.25) is 11.8 Å². The molecule has 0 bridgehead atoms. The minimum atomic E-state index is -3.15. The first-order valence-corrected chi connectivity index (χ1v) is 8.78. The molecule has 1 aliphatic rings. The van der Waals surface area contributed by atoms with Gasteiger partial charge in [0.25, 0.3) is 0 Å². The lowest BCUT2D eigenvalue weighted by molar-refractivity contribution is -0.125. The van der Waals surface area contributed by atoms with Gasteiger partial charge in [0.1, 0.15) is 6.54 Å². The van der Waals surface area contributed by atoms with Crippen LogP contribution in [0.3, 0.4) is 0 Å². The molecule has 0 atom stereocenters. The monoisotopic (exact) mass is 429 g/mol. The number of ether oxygens (including phenoxy) is 3. The van der Waals surface area contributed by atoms with Gasteiger partial charge in [-0.2, -0.15) is 8.78 Å². The summed E-state index contributed by atoms with van der Waals surface area (Å²) in [7, 11) is 3.81. The second-order valence-electron chi connectivity index (χ2n) is 6.25. The number of benzene rings is 1. The molecule has 1 aromatic rings. The maximum absolute atomic E-state index is 12.6. The number of hydrogen-bond donors (Lipinski definition) is 1. The predicted molar refractivity (Wildman–Crippen MR) is 98.6 cm³/mol. The van der Waals surface area contributed by atoms with Gasteiger partial charge in [0.15, 0.2) is 11.5 Å². The molecule has 0 spiro atoms. The standard InChI is InChI=1S/C18H21F2N3O7/c1-22-9-15(25)23(18(22)27)6-4-5-14(24)21-11-8-13(30-17(19)20)12(28-2)7-10(11)16(26)29-3/h7-8,17H,4-6,9H2,1-3H3,(H,21,24). The fourth-order valence-electron chi connectivity index (χ4n) is 2.79. The van der Waals surface area contributed by atoms with Crippen molar-refractivity contribution in [2.75, 3.05) is 39.7 Å². The number of nitrogens with one attached hydrogen (secondary N) is 1. The summed E-state index contributed by atoms with van der Waals surface area (Å²) in [5.74, 6) is -2.29. The zero-order valence-corrected chi connectivity index (χ0v) is 16.6. The largest absolute Gasteiger partial charge is 0.493 e. The first kappa shape index (κ1) is 22.8. The maximum atomic E-state index is 12.6. The minimum Gasteiger partial charge on any atom is -0.493 e. The zero-order chi connectivity index (χ0) is 22.4. The van der Waals surface area contributed by atoms with E-state index in [-0.39, 0.29) is 54.6 Å². The third-order valence-corrected chi connectivity index (χ3v) is 4.22. The Kier molecular flexibility index (Phi) is 7.50. The topological polar surface area (TPSA) is 114 Å². The number of nitrogens with zero attached hydrogens (tertiary/aromatic N) is 2. The molecule has 1 fully saturated rings. The third kappa shape index (κ3) is 5.33. The van der Waals surface area contributed by atoms with Gasteiger partial charge < -0.3 is 24.4 Å². The lowest BCUT2D eigenvalue weighted by Gasteiger charge is -2.16. The molecule has 4 amide bonds. The summed E-state index contributed by atoms with van der Waals surface area (Å²) >= 11 is 0. The summed E-state index contributed by atoms with van der Waals surface area (Å²) in [5, 5.41) is 2.43. The van der Waals surface area contributed by atoms with Crippen molar-refractivity contribution in [2.24, 2.45) is 0 Å². The summed E-state index contributed by atoms with van der Waals surface area (Å²) in [6.07, 6.45) is 0.0692. The lowest BCUT2D eigenvalue weighted by Crippen LogP contribution is -2.33. The molecule has 1 N–H and O–H groups in total. The average molecular weight is 429 g/mol. The summed E-state index contributed by atoms with van der Waals surface area (Å²) in [5.41, 5.74) is -0.243. The Morgan fingerprint density at radius 3 is 2.43 bits per heavy atom. The molecule has 164 valence electrons. The number of carbonyl (C=O) groups excluding carboxylic acids is 4. The highest BCUT2D eigenvalue weighted by Gasteiger charge is 2.33. The number of carbonyl (C=O) groups is 4. The Morgan fingerprint density at radius 1 is 1.20 bits per heavy atom. The van der Waals surface area contributed by atoms with Crippen LogP contribution in [-0.4, -0.2) is 74.6 Å². The molecule has 0 saturated carbocycles. The van der Waals surface area contributed by atoms with E-state index in [2.05, 4.69) is 14.8 Å². The van der Waals surface area contributed by atoms with Crippen molar-refractivity contribution in [3.63, 3.8) is 0 Å². The highest BCUT2D eigenvalue weighted by molar-refractivity contribution is 6.03. The van der Waals surface area contributed by atoms with Gasteiger partial charge in [-0.05, 0) is 6.42 Å². The lowest BCUT2D eigenvalue weighted by atomic mass is 10.1. The van der Waals surface area contributed by atoms with Crippen LogP contribution >= 0.6 is 0 Å². The Hall–Kier alpha value is -3.44. The van der Waals surface area contributed by atoms with Crippen molar-refractivity contribution in [1.82, 2.24) is 9.80 Å². The first-order valence-electron chi connectivity index (χ1n) is 8.78. The van der Waals surface area contributed by atoms with Crippen molar-refractivity contribution in [1.29, 1.82) is 0 Å². The number of urea groups is 1. The van der Waals surface area contributed by atoms with Crippen molar-refractivity contribution in [3.8, 4) is 11.5 Å². The zero-order valence-electron chi connectivity index (χ0n) is 16.6. The van der Waals surface area contributed by atoms with E-state index >= 15 is 0 Å². The highest BCUT2D eigenvalue weighted by atomic mass is 19.3. The van der Waals surface area contributed by atoms with E-state index in [1.165, 1.54) is 19.1 Å². The van der Waals surface area contributed by atoms with Crippen LogP contribution in [0.1, 0.15) is 23.2 Å². The van der Waals surface area contributed by atoms with Crippen molar-refractivity contribution >= 4 is 29.5 Å². The van der Waals surface area contributed by atoms with E-state index in [0.29, 0.717) is 0 Å². The molecular weight excluding hydrogens is 408 g/mol. The van der Waals surface area contributed by atoms with Gasteiger partial charge in [-0.1, -0.05) is 0 Å². The Labute approximate surface area is 170 Å². The fraction of sp³-hybridized carbons (Fsp3) is 0.444. The van der Waals surface area contributed by atoms with Gasteiger partial charge >= 0.3 is 18.6 Å². The number of alkyl halides is 2. The van der Waals surface area contributed by atoms with E-state index < -0.39 is 24.5 Å². The molecule has 2 rings (SSSR count). The number of amides is 4. The molecule has 1 saturated heterocycles. The molecule has 30 heavy (non-hydrogen) atoms. The molecule has 0 unspecified atom stereocenters. The summed E-state index contributed by atoms with van der Waals surface area (Å²) in [6.45, 7) is -3.13. The van der Waals surface area contributed by atoms with Crippen LogP contribution in [0.4, 0.5) is 19.3 Å². The smallest absolute Gasteiger partial charge is 0.387 e. The van der Waals surface area contributed by atoms with Crippen LogP contribution in [0.15, 0.2) is 12.1 Å². The second kappa shape index (κ2) is 9.85. The van der Waals surface area contributed by atoms with Gasteiger partial charge in [-0.15, -0.1) is 0 Å². The highest BCUT2D eigenvalue weighted by Crippen LogP contribution is 2.35. The molecule has 10 nitrogen and oxygen atoms in total. The van der Waals surface area contributed by atoms with Crippen LogP contribution in [-0.2, 0) is 14.3 Å². The summed E-state index contributed by atoms with van der Waals surface area (Å²) in [6, 6.07) is 1.69. The van der Waals surface area contributed by atoms with Crippen LogP contribution in [0.25, 0.3) is 0 Å². The Bertz CT molecular complexity index is 847. The normalized spacial score (nSPS) is 13.7. The average Bonchev–Trinajstić information content (AvgIpc) is 2.93. The minimum absolute atomic E-state index is 0.0215. The Morgan fingerprint density at radius 2 is 1.90 bits per heavy atom. The first-order chi connectivity index (χ1) is 14.2. The summed E-state index contributed by atoms with van der Waals surface area (Å²) < 4.78 is 39.2. The molecular formula is C18H21F2N3O7. The van der Waals surface area contributed by atoms with Crippen molar-refractivity contribution in [2.45, 2.75) is 19.5 Å². The molecule has 0 aromatic heterocycles. The number of rotatable bonds is 9. The quantitative estimate of drug-likeness (QED) is 0.469. The van der Waals surface area contributed by atoms with Gasteiger partial charge in [0.05, 0.1) is 25.5 Å². The molecule has 0 radical (unpaired) electrons. The van der Waals surface area contributed by atoms with Crippen molar-refractivity contribution < 1.29 is 42.2 Å². The van der Waals surface area contributed by atoms with E-state index in [1.54, 1.807) is 0 Å².